The van der Waals surface area contributed by atoms with Crippen LogP contribution in [0.2, 0.25) is 0 Å². The number of ether oxygens (including phenoxy) is 4. The largest absolute Gasteiger partial charge is 0.508 e. The van der Waals surface area contributed by atoms with Gasteiger partial charge in [0.1, 0.15) is 45.9 Å². The minimum Gasteiger partial charge on any atom is -0.433 e. The number of carbonyl (C=O) groups excluding carboxylic acids is 2. The molecule has 0 aromatic carbocycles. The number of rotatable bonds is 24. The lowest BCUT2D eigenvalue weighted by molar-refractivity contribution is 0.0634. The highest BCUT2D eigenvalue weighted by Gasteiger charge is 2.29. The van der Waals surface area contributed by atoms with Gasteiger partial charge >= 0.3 is 12.3 Å². The van der Waals surface area contributed by atoms with Crippen LogP contribution < -0.4 is 0 Å². The third kappa shape index (κ3) is 29.1. The maximum absolute atomic E-state index is 12.1. The molecule has 0 saturated carbocycles. The standard InChI is InChI=1S/C36H70N6O6S4/c1-27(2)25-35(15,41-37-31(5,6)7)51-23-19-47-29(43)45-17-21-49-33(11,12)39-40-34(13,14)50-22-18-46-30(44)48-20-24-52-36(16,26-28(3)4)42-38-32(8,9)10/h27-28H,17-26H2,1-16H3. The summed E-state index contributed by atoms with van der Waals surface area (Å²) in [5.74, 6) is 3.18. The first-order valence-electron chi connectivity index (χ1n) is 18.1. The van der Waals surface area contributed by atoms with E-state index in [1.807, 2.05) is 69.2 Å². The molecular formula is C36H70N6O6S4. The summed E-state index contributed by atoms with van der Waals surface area (Å²) in [5, 5.41) is 27.3. The summed E-state index contributed by atoms with van der Waals surface area (Å²) in [4.78, 5) is 22.5. The van der Waals surface area contributed by atoms with Gasteiger partial charge in [0, 0.05) is 23.0 Å². The molecule has 12 nitrogen and oxygen atoms in total. The summed E-state index contributed by atoms with van der Waals surface area (Å²) >= 11 is 6.32. The van der Waals surface area contributed by atoms with E-state index in [-0.39, 0.29) is 47.2 Å². The number of nitrogens with zero attached hydrogens (tertiary/aromatic N) is 6. The first-order valence-corrected chi connectivity index (χ1v) is 22.1. The zero-order chi connectivity index (χ0) is 40.3. The van der Waals surface area contributed by atoms with Gasteiger partial charge in [-0.15, -0.1) is 47.0 Å². The van der Waals surface area contributed by atoms with Crippen molar-refractivity contribution in [3.8, 4) is 0 Å². The fourth-order valence-electron chi connectivity index (χ4n) is 4.27. The van der Waals surface area contributed by atoms with Gasteiger partial charge in [-0.25, -0.2) is 9.59 Å². The molecule has 0 saturated heterocycles. The molecule has 2 unspecified atom stereocenters. The molecule has 0 aliphatic heterocycles. The molecule has 0 spiro atoms. The van der Waals surface area contributed by atoms with Gasteiger partial charge in [0.05, 0.1) is 11.1 Å². The van der Waals surface area contributed by atoms with E-state index in [2.05, 4.69) is 72.2 Å². The van der Waals surface area contributed by atoms with E-state index in [1.165, 1.54) is 23.5 Å². The first-order chi connectivity index (χ1) is 23.7. The molecule has 0 aliphatic rings. The minimum atomic E-state index is -0.687. The van der Waals surface area contributed by atoms with Crippen LogP contribution in [0.3, 0.4) is 0 Å². The zero-order valence-corrected chi connectivity index (χ0v) is 38.3. The summed E-state index contributed by atoms with van der Waals surface area (Å²) in [5.41, 5.74) is -0.484. The normalized spacial score (nSPS) is 15.8. The molecule has 52 heavy (non-hydrogen) atoms. The molecule has 0 aliphatic carbocycles. The van der Waals surface area contributed by atoms with Crippen LogP contribution in [0, 0.1) is 11.8 Å². The lowest BCUT2D eigenvalue weighted by Gasteiger charge is -2.26. The molecule has 0 aromatic heterocycles. The molecule has 0 radical (unpaired) electrons. The Kier molecular flexibility index (Phi) is 23.0. The summed E-state index contributed by atoms with van der Waals surface area (Å²) in [7, 11) is 0. The van der Waals surface area contributed by atoms with Crippen molar-refractivity contribution in [1.82, 2.24) is 0 Å². The van der Waals surface area contributed by atoms with Gasteiger partial charge in [0.25, 0.3) is 0 Å². The Labute approximate surface area is 332 Å². The van der Waals surface area contributed by atoms with E-state index >= 15 is 0 Å². The van der Waals surface area contributed by atoms with E-state index in [4.69, 9.17) is 18.9 Å². The minimum absolute atomic E-state index is 0.199. The predicted octanol–water partition coefficient (Wildman–Crippen LogP) is 12.2. The van der Waals surface area contributed by atoms with E-state index in [0.29, 0.717) is 34.8 Å². The van der Waals surface area contributed by atoms with Crippen LogP contribution in [-0.4, -0.2) is 92.3 Å². The number of thioether (sulfide) groups is 4. The maximum atomic E-state index is 12.1. The third-order valence-corrected chi connectivity index (χ3v) is 11.0. The molecule has 304 valence electrons. The van der Waals surface area contributed by atoms with Crippen LogP contribution in [0.5, 0.6) is 0 Å². The number of carbonyl (C=O) groups is 2. The molecule has 2 atom stereocenters. The molecule has 0 amide bonds. The molecule has 0 aromatic rings. The van der Waals surface area contributed by atoms with Gasteiger partial charge in [-0.2, -0.15) is 30.7 Å². The monoisotopic (exact) mass is 810 g/mol. The number of hydrogen-bond acceptors (Lipinski definition) is 16. The van der Waals surface area contributed by atoms with Gasteiger partial charge in [-0.3, -0.25) is 0 Å². The highest BCUT2D eigenvalue weighted by molar-refractivity contribution is 8.01. The summed E-state index contributed by atoms with van der Waals surface area (Å²) in [6.07, 6.45) is 0.375. The lowest BCUT2D eigenvalue weighted by atomic mass is 10.1. The van der Waals surface area contributed by atoms with Crippen molar-refractivity contribution in [3.63, 3.8) is 0 Å². The first kappa shape index (κ1) is 50.7. The highest BCUT2D eigenvalue weighted by Crippen LogP contribution is 2.36. The van der Waals surface area contributed by atoms with Crippen LogP contribution in [0.25, 0.3) is 0 Å². The predicted molar refractivity (Wildman–Crippen MR) is 222 cm³/mol. The second kappa shape index (κ2) is 23.6. The maximum Gasteiger partial charge on any atom is 0.508 e. The second-order valence-electron chi connectivity index (χ2n) is 16.7. The Morgan fingerprint density at radius 1 is 0.442 bits per heavy atom. The highest BCUT2D eigenvalue weighted by atomic mass is 32.2. The van der Waals surface area contributed by atoms with Crippen molar-refractivity contribution in [2.75, 3.05) is 49.4 Å². The van der Waals surface area contributed by atoms with Gasteiger partial charge in [-0.1, -0.05) is 27.7 Å². The van der Waals surface area contributed by atoms with Gasteiger partial charge < -0.3 is 18.9 Å². The molecule has 0 fully saturated rings. The lowest BCUT2D eigenvalue weighted by Crippen LogP contribution is -2.23. The Hall–Kier alpha value is -1.26. The van der Waals surface area contributed by atoms with Crippen molar-refractivity contribution in [3.05, 3.63) is 0 Å². The van der Waals surface area contributed by atoms with Crippen LogP contribution >= 0.6 is 47.0 Å². The Balaban J connectivity index is 4.44. The fourth-order valence-corrected chi connectivity index (χ4v) is 8.11. The molecule has 0 rings (SSSR count). The van der Waals surface area contributed by atoms with Crippen molar-refractivity contribution >= 4 is 59.4 Å². The molecule has 0 heterocycles. The van der Waals surface area contributed by atoms with Gasteiger partial charge in [0.15, 0.2) is 0 Å². The van der Waals surface area contributed by atoms with E-state index < -0.39 is 22.1 Å². The topological polar surface area (TPSA) is 145 Å². The van der Waals surface area contributed by atoms with Crippen LogP contribution in [0.1, 0.15) is 124 Å². The summed E-state index contributed by atoms with van der Waals surface area (Å²) < 4.78 is 21.1. The average molecular weight is 811 g/mol. The smallest absolute Gasteiger partial charge is 0.433 e. The third-order valence-electron chi connectivity index (χ3n) is 6.18. The summed E-state index contributed by atoms with van der Waals surface area (Å²) in [6.45, 7) is 33.6. The van der Waals surface area contributed by atoms with Gasteiger partial charge in [-0.05, 0) is 108 Å². The Morgan fingerprint density at radius 2 is 0.712 bits per heavy atom. The zero-order valence-electron chi connectivity index (χ0n) is 35.0. The van der Waals surface area contributed by atoms with Crippen molar-refractivity contribution in [2.45, 2.75) is 154 Å². The van der Waals surface area contributed by atoms with E-state index in [9.17, 15) is 9.59 Å². The summed E-state index contributed by atoms with van der Waals surface area (Å²) in [6, 6.07) is 0. The molecular weight excluding hydrogens is 741 g/mol. The van der Waals surface area contributed by atoms with Crippen molar-refractivity contribution < 1.29 is 28.5 Å². The molecule has 0 N–H and O–H groups in total. The number of azo groups is 3. The quantitative estimate of drug-likeness (QED) is 0.0524. The van der Waals surface area contributed by atoms with E-state index in [0.717, 1.165) is 12.8 Å². The number of hydrogen-bond donors (Lipinski definition) is 0. The van der Waals surface area contributed by atoms with E-state index in [1.54, 1.807) is 23.5 Å². The second-order valence-corrected chi connectivity index (χ2v) is 23.2. The van der Waals surface area contributed by atoms with Crippen molar-refractivity contribution in [1.29, 1.82) is 0 Å². The molecule has 16 heteroatoms. The Morgan fingerprint density at radius 3 is 0.962 bits per heavy atom. The SMILES string of the molecule is CC(C)CC(C)(N=NC(C)(C)C)SCCOC(=O)OCCSC(C)(C)N=NC(C)(C)SCCOC(=O)OCCSC(C)(CC(C)C)N=NC(C)(C)C. The van der Waals surface area contributed by atoms with Crippen LogP contribution in [0.15, 0.2) is 30.7 Å². The van der Waals surface area contributed by atoms with Crippen molar-refractivity contribution in [2.24, 2.45) is 42.5 Å². The average Bonchev–Trinajstić information content (AvgIpc) is 2.98. The van der Waals surface area contributed by atoms with Crippen LogP contribution in [-0.2, 0) is 18.9 Å². The van der Waals surface area contributed by atoms with Gasteiger partial charge in [0.2, 0.25) is 0 Å². The van der Waals surface area contributed by atoms with Crippen LogP contribution in [0.4, 0.5) is 9.59 Å². The molecule has 0 bridgehead atoms. The fraction of sp³-hybridized carbons (Fsp3) is 0.944. The Bertz CT molecular complexity index is 1060.